The molecule has 2 aromatic carbocycles. The number of ether oxygens (including phenoxy) is 1. The molecule has 1 fully saturated rings. The average molecular weight is 539 g/mol. The monoisotopic (exact) mass is 538 g/mol. The van der Waals surface area contributed by atoms with Crippen molar-refractivity contribution in [2.45, 2.75) is 44.3 Å². The van der Waals surface area contributed by atoms with Crippen LogP contribution in [0, 0.1) is 5.82 Å². The van der Waals surface area contributed by atoms with Crippen LogP contribution in [-0.4, -0.2) is 46.4 Å². The lowest BCUT2D eigenvalue weighted by molar-refractivity contribution is 0.0476. The number of nitrogens with one attached hydrogen (secondary N) is 2. The molecule has 2 aromatic heterocycles. The van der Waals surface area contributed by atoms with Gasteiger partial charge in [0.25, 0.3) is 0 Å². The zero-order valence-electron chi connectivity index (χ0n) is 21.2. The van der Waals surface area contributed by atoms with E-state index in [4.69, 9.17) is 27.8 Å². The van der Waals surface area contributed by atoms with Gasteiger partial charge in [0.15, 0.2) is 5.82 Å². The van der Waals surface area contributed by atoms with Gasteiger partial charge >= 0.3 is 5.69 Å². The minimum atomic E-state index is -0.517. The average Bonchev–Trinajstić information content (AvgIpc) is 3.32. The number of H-pyrrole nitrogens is 1. The van der Waals surface area contributed by atoms with Gasteiger partial charge in [-0.1, -0.05) is 23.7 Å². The maximum atomic E-state index is 15.0. The minimum Gasteiger partial charge on any atom is -0.378 e. The molecule has 0 aliphatic carbocycles. The summed E-state index contributed by atoms with van der Waals surface area (Å²) in [6.45, 7) is 3.62. The van der Waals surface area contributed by atoms with Crippen molar-refractivity contribution < 1.29 is 9.13 Å². The largest absolute Gasteiger partial charge is 0.378 e. The number of rotatable bonds is 8. The standard InChI is InChI=1S/C28H32ClFN6O2/c1-16(32)3-2-4-17-9-22(26(30)23(29)10-17)24-11-19-13-36(28(37)35-27(19)34-24)21-7-5-18(6-8-21)25-15-38-14-20(12-31)33-25/h5-11,13,16,20,25,33H,2-4,12,14-15,31-32H2,1H3,(H,34,35,37)/t16-,20+,25-/m0/s1. The number of fused-ring (bicyclic) bond motifs is 1. The number of aryl methyl sites for hydroxylation is 1. The SMILES string of the molecule is C[C@H](N)CCCc1cc(Cl)c(F)c(-c2cc3cn(-c4ccc([C@@H]5COC[C@@H](CN)N5)cc4)c(=O)nc3[nH]2)c1. The van der Waals surface area contributed by atoms with Crippen LogP contribution in [0.5, 0.6) is 0 Å². The van der Waals surface area contributed by atoms with Gasteiger partial charge in [0.1, 0.15) is 5.65 Å². The Bertz CT molecular complexity index is 1480. The maximum absolute atomic E-state index is 15.0. The van der Waals surface area contributed by atoms with Crippen molar-refractivity contribution in [3.63, 3.8) is 0 Å². The van der Waals surface area contributed by atoms with Crippen LogP contribution in [0.3, 0.4) is 0 Å². The maximum Gasteiger partial charge on any atom is 0.354 e. The molecule has 3 atom stereocenters. The number of nitrogens with two attached hydrogens (primary N) is 2. The number of aromatic amines is 1. The fourth-order valence-electron chi connectivity index (χ4n) is 4.84. The molecule has 38 heavy (non-hydrogen) atoms. The number of benzene rings is 2. The highest BCUT2D eigenvalue weighted by Crippen LogP contribution is 2.31. The number of hydrogen-bond acceptors (Lipinski definition) is 6. The Morgan fingerprint density at radius 1 is 1.24 bits per heavy atom. The molecule has 1 saturated heterocycles. The molecule has 10 heteroatoms. The second kappa shape index (κ2) is 11.3. The first kappa shape index (κ1) is 26.5. The number of halogens is 2. The van der Waals surface area contributed by atoms with Gasteiger partial charge in [0, 0.05) is 35.8 Å². The molecule has 0 unspecified atom stereocenters. The summed E-state index contributed by atoms with van der Waals surface area (Å²) in [5.74, 6) is -0.517. The summed E-state index contributed by atoms with van der Waals surface area (Å²) in [6, 6.07) is 13.1. The third-order valence-electron chi connectivity index (χ3n) is 6.91. The number of nitrogens with zero attached hydrogens (tertiary/aromatic N) is 2. The molecule has 1 aliphatic heterocycles. The van der Waals surface area contributed by atoms with Crippen molar-refractivity contribution in [3.8, 4) is 16.9 Å². The van der Waals surface area contributed by atoms with Crippen molar-refractivity contribution in [1.29, 1.82) is 0 Å². The summed E-state index contributed by atoms with van der Waals surface area (Å²) < 4.78 is 22.2. The highest BCUT2D eigenvalue weighted by Gasteiger charge is 2.22. The lowest BCUT2D eigenvalue weighted by Crippen LogP contribution is -2.47. The van der Waals surface area contributed by atoms with Gasteiger partial charge < -0.3 is 26.5 Å². The zero-order chi connectivity index (χ0) is 26.8. The Kier molecular flexibility index (Phi) is 7.92. The minimum absolute atomic E-state index is 0.0344. The topological polar surface area (TPSA) is 124 Å². The Labute approximate surface area is 225 Å². The second-order valence-corrected chi connectivity index (χ2v) is 10.4. The Balaban J connectivity index is 1.43. The van der Waals surface area contributed by atoms with Crippen LogP contribution in [0.2, 0.25) is 5.02 Å². The van der Waals surface area contributed by atoms with Gasteiger partial charge in [0.2, 0.25) is 0 Å². The fourth-order valence-corrected chi connectivity index (χ4v) is 5.08. The second-order valence-electron chi connectivity index (χ2n) is 9.97. The molecule has 0 amide bonds. The number of aromatic nitrogens is 3. The van der Waals surface area contributed by atoms with E-state index in [2.05, 4.69) is 15.3 Å². The predicted octanol–water partition coefficient (Wildman–Crippen LogP) is 3.83. The van der Waals surface area contributed by atoms with E-state index in [-0.39, 0.29) is 23.1 Å². The van der Waals surface area contributed by atoms with Crippen molar-refractivity contribution in [2.24, 2.45) is 11.5 Å². The molecule has 1 aliphatic rings. The number of morpholine rings is 1. The summed E-state index contributed by atoms with van der Waals surface area (Å²) >= 11 is 6.22. The van der Waals surface area contributed by atoms with Crippen LogP contribution >= 0.6 is 11.6 Å². The molecule has 200 valence electrons. The van der Waals surface area contributed by atoms with E-state index in [1.54, 1.807) is 24.4 Å². The van der Waals surface area contributed by atoms with E-state index >= 15 is 4.39 Å². The smallest absolute Gasteiger partial charge is 0.354 e. The van der Waals surface area contributed by atoms with Gasteiger partial charge in [-0.2, -0.15) is 4.98 Å². The number of hydrogen-bond donors (Lipinski definition) is 4. The van der Waals surface area contributed by atoms with Crippen LogP contribution < -0.4 is 22.5 Å². The van der Waals surface area contributed by atoms with E-state index in [0.29, 0.717) is 47.7 Å². The molecule has 3 heterocycles. The molecule has 0 bridgehead atoms. The van der Waals surface area contributed by atoms with Gasteiger partial charge in [-0.05, 0) is 67.6 Å². The quantitative estimate of drug-likeness (QED) is 0.270. The summed E-state index contributed by atoms with van der Waals surface area (Å²) in [5.41, 5.74) is 15.1. The van der Waals surface area contributed by atoms with Crippen molar-refractivity contribution in [2.75, 3.05) is 19.8 Å². The lowest BCUT2D eigenvalue weighted by atomic mass is 10.0. The lowest BCUT2D eigenvalue weighted by Gasteiger charge is -2.30. The molecule has 4 aromatic rings. The molecule has 8 nitrogen and oxygen atoms in total. The van der Waals surface area contributed by atoms with Crippen LogP contribution in [0.4, 0.5) is 4.39 Å². The Morgan fingerprint density at radius 2 is 2.03 bits per heavy atom. The van der Waals surface area contributed by atoms with E-state index in [0.717, 1.165) is 30.4 Å². The zero-order valence-corrected chi connectivity index (χ0v) is 22.0. The van der Waals surface area contributed by atoms with Gasteiger partial charge in [-0.15, -0.1) is 0 Å². The van der Waals surface area contributed by atoms with E-state index in [1.807, 2.05) is 31.2 Å². The highest BCUT2D eigenvalue weighted by atomic mass is 35.5. The molecule has 0 saturated carbocycles. The van der Waals surface area contributed by atoms with Crippen LogP contribution in [0.25, 0.3) is 28.0 Å². The Morgan fingerprint density at radius 3 is 2.76 bits per heavy atom. The third-order valence-corrected chi connectivity index (χ3v) is 7.18. The first-order valence-electron chi connectivity index (χ1n) is 12.8. The first-order chi connectivity index (χ1) is 18.3. The molecule has 0 radical (unpaired) electrons. The normalized spacial score (nSPS) is 18.7. The predicted molar refractivity (Wildman–Crippen MR) is 148 cm³/mol. The fraction of sp³-hybridized carbons (Fsp3) is 0.357. The van der Waals surface area contributed by atoms with Crippen LogP contribution in [-0.2, 0) is 11.2 Å². The summed E-state index contributed by atoms with van der Waals surface area (Å²) in [5, 5.41) is 4.21. The summed E-state index contributed by atoms with van der Waals surface area (Å²) in [7, 11) is 0. The molecule has 5 rings (SSSR count). The van der Waals surface area contributed by atoms with Crippen LogP contribution in [0.15, 0.2) is 53.5 Å². The molecular weight excluding hydrogens is 507 g/mol. The third kappa shape index (κ3) is 5.67. The van der Waals surface area contributed by atoms with Gasteiger partial charge in [0.05, 0.1) is 35.7 Å². The first-order valence-corrected chi connectivity index (χ1v) is 13.2. The van der Waals surface area contributed by atoms with Crippen molar-refractivity contribution in [3.05, 3.63) is 81.1 Å². The van der Waals surface area contributed by atoms with Gasteiger partial charge in [-0.3, -0.25) is 4.57 Å². The Hall–Kier alpha value is -3.08. The van der Waals surface area contributed by atoms with E-state index < -0.39 is 11.5 Å². The molecule has 6 N–H and O–H groups in total. The van der Waals surface area contributed by atoms with Gasteiger partial charge in [-0.25, -0.2) is 9.18 Å². The molecule has 0 spiro atoms. The summed E-state index contributed by atoms with van der Waals surface area (Å²) in [4.78, 5) is 20.2. The van der Waals surface area contributed by atoms with Crippen LogP contribution in [0.1, 0.15) is 36.9 Å². The van der Waals surface area contributed by atoms with E-state index in [9.17, 15) is 4.79 Å². The van der Waals surface area contributed by atoms with Crippen molar-refractivity contribution >= 4 is 22.6 Å². The van der Waals surface area contributed by atoms with E-state index in [1.165, 1.54) is 4.57 Å². The highest BCUT2D eigenvalue weighted by molar-refractivity contribution is 6.31. The van der Waals surface area contributed by atoms with Crippen molar-refractivity contribution in [1.82, 2.24) is 19.9 Å². The molecular formula is C28H32ClFN6O2. The summed E-state index contributed by atoms with van der Waals surface area (Å²) in [6.07, 6.45) is 4.19.